The summed E-state index contributed by atoms with van der Waals surface area (Å²) in [5.41, 5.74) is 1.92. The number of carbonyl (C=O) groups is 1. The zero-order valence-corrected chi connectivity index (χ0v) is 14.0. The van der Waals surface area contributed by atoms with Gasteiger partial charge in [-0.05, 0) is 17.7 Å². The standard InChI is InChI=1S/C17H21NO2Si/c1-13(19)20-17(15-9-11-18-12-10-15)14-5-7-16(8-6-14)21(2,3)4/h5-12,17H,1-4H3/t17-/m0/s1. The van der Waals surface area contributed by atoms with E-state index in [0.717, 1.165) is 11.1 Å². The lowest BCUT2D eigenvalue weighted by atomic mass is 10.0. The number of benzene rings is 1. The Bertz CT molecular complexity index is 603. The molecule has 1 aromatic carbocycles. The van der Waals surface area contributed by atoms with Gasteiger partial charge in [-0.1, -0.05) is 49.1 Å². The Balaban J connectivity index is 2.36. The van der Waals surface area contributed by atoms with Crippen molar-refractivity contribution in [1.29, 1.82) is 0 Å². The maximum atomic E-state index is 11.4. The van der Waals surface area contributed by atoms with Crippen LogP contribution >= 0.6 is 0 Å². The molecular weight excluding hydrogens is 278 g/mol. The monoisotopic (exact) mass is 299 g/mol. The molecule has 21 heavy (non-hydrogen) atoms. The molecule has 4 heteroatoms. The molecule has 110 valence electrons. The van der Waals surface area contributed by atoms with Crippen LogP contribution in [0.25, 0.3) is 0 Å². The van der Waals surface area contributed by atoms with Gasteiger partial charge in [0.15, 0.2) is 6.10 Å². The second-order valence-corrected chi connectivity index (χ2v) is 11.2. The van der Waals surface area contributed by atoms with Crippen LogP contribution in [0.1, 0.15) is 24.2 Å². The molecule has 0 amide bonds. The van der Waals surface area contributed by atoms with E-state index in [0.29, 0.717) is 0 Å². The molecule has 1 atom stereocenters. The van der Waals surface area contributed by atoms with Gasteiger partial charge in [0.25, 0.3) is 0 Å². The third-order valence-electron chi connectivity index (χ3n) is 3.37. The van der Waals surface area contributed by atoms with Crippen LogP contribution in [0.2, 0.25) is 19.6 Å². The largest absolute Gasteiger partial charge is 0.453 e. The molecule has 0 N–H and O–H groups in total. The molecule has 0 aliphatic heterocycles. The van der Waals surface area contributed by atoms with Crippen molar-refractivity contribution < 1.29 is 9.53 Å². The molecule has 2 rings (SSSR count). The second kappa shape index (κ2) is 6.22. The number of esters is 1. The quantitative estimate of drug-likeness (QED) is 0.642. The number of nitrogens with zero attached hydrogens (tertiary/aromatic N) is 1. The lowest BCUT2D eigenvalue weighted by Gasteiger charge is -2.20. The average molecular weight is 299 g/mol. The molecule has 0 saturated carbocycles. The van der Waals surface area contributed by atoms with Crippen molar-refractivity contribution >= 4 is 19.2 Å². The van der Waals surface area contributed by atoms with Gasteiger partial charge < -0.3 is 4.74 Å². The second-order valence-electron chi connectivity index (χ2n) is 6.14. The fraction of sp³-hybridized carbons (Fsp3) is 0.294. The Hall–Kier alpha value is -1.94. The van der Waals surface area contributed by atoms with Crippen molar-refractivity contribution in [2.24, 2.45) is 0 Å². The van der Waals surface area contributed by atoms with E-state index in [9.17, 15) is 4.79 Å². The first-order valence-corrected chi connectivity index (χ1v) is 10.6. The lowest BCUT2D eigenvalue weighted by Crippen LogP contribution is -2.37. The maximum Gasteiger partial charge on any atom is 0.303 e. The van der Waals surface area contributed by atoms with Gasteiger partial charge in [0.05, 0.1) is 8.07 Å². The van der Waals surface area contributed by atoms with Crippen molar-refractivity contribution in [3.63, 3.8) is 0 Å². The predicted molar refractivity (Wildman–Crippen MR) is 87.3 cm³/mol. The van der Waals surface area contributed by atoms with E-state index in [1.807, 2.05) is 12.1 Å². The number of hydrogen-bond donors (Lipinski definition) is 0. The Kier molecular flexibility index (Phi) is 4.58. The Morgan fingerprint density at radius 2 is 1.52 bits per heavy atom. The van der Waals surface area contributed by atoms with Gasteiger partial charge in [-0.3, -0.25) is 9.78 Å². The number of rotatable bonds is 4. The highest BCUT2D eigenvalue weighted by Gasteiger charge is 2.20. The number of carbonyl (C=O) groups excluding carboxylic acids is 1. The highest BCUT2D eigenvalue weighted by molar-refractivity contribution is 6.88. The van der Waals surface area contributed by atoms with Gasteiger partial charge in [0, 0.05) is 24.9 Å². The first-order chi connectivity index (χ1) is 9.88. The normalized spacial score (nSPS) is 12.8. The zero-order valence-electron chi connectivity index (χ0n) is 13.0. The van der Waals surface area contributed by atoms with E-state index in [1.54, 1.807) is 12.4 Å². The minimum atomic E-state index is -1.32. The fourth-order valence-electron chi connectivity index (χ4n) is 2.19. The molecule has 1 heterocycles. The van der Waals surface area contributed by atoms with E-state index in [4.69, 9.17) is 4.74 Å². The van der Waals surface area contributed by atoms with Crippen LogP contribution in [0.4, 0.5) is 0 Å². The van der Waals surface area contributed by atoms with Crippen LogP contribution in [0.3, 0.4) is 0 Å². The van der Waals surface area contributed by atoms with Crippen LogP contribution in [0.15, 0.2) is 48.8 Å². The Morgan fingerprint density at radius 1 is 1.00 bits per heavy atom. The summed E-state index contributed by atoms with van der Waals surface area (Å²) in [5.74, 6) is -0.286. The summed E-state index contributed by atoms with van der Waals surface area (Å²) in [4.78, 5) is 15.4. The van der Waals surface area contributed by atoms with E-state index in [-0.39, 0.29) is 12.1 Å². The summed E-state index contributed by atoms with van der Waals surface area (Å²) >= 11 is 0. The smallest absolute Gasteiger partial charge is 0.303 e. The van der Waals surface area contributed by atoms with Crippen LogP contribution in [0.5, 0.6) is 0 Å². The zero-order chi connectivity index (χ0) is 15.5. The van der Waals surface area contributed by atoms with E-state index in [1.165, 1.54) is 12.1 Å². The van der Waals surface area contributed by atoms with Crippen molar-refractivity contribution in [3.8, 4) is 0 Å². The molecule has 0 radical (unpaired) electrons. The summed E-state index contributed by atoms with van der Waals surface area (Å²) in [6.45, 7) is 8.38. The maximum absolute atomic E-state index is 11.4. The third-order valence-corrected chi connectivity index (χ3v) is 5.44. The molecule has 1 aromatic heterocycles. The fourth-order valence-corrected chi connectivity index (χ4v) is 3.36. The minimum absolute atomic E-state index is 0.286. The molecule has 0 unspecified atom stereocenters. The molecule has 0 spiro atoms. The molecule has 0 bridgehead atoms. The van der Waals surface area contributed by atoms with Gasteiger partial charge in [0.1, 0.15) is 0 Å². The molecular formula is C17H21NO2Si. The van der Waals surface area contributed by atoms with Crippen molar-refractivity contribution in [2.45, 2.75) is 32.7 Å². The lowest BCUT2D eigenvalue weighted by molar-refractivity contribution is -0.144. The van der Waals surface area contributed by atoms with E-state index < -0.39 is 8.07 Å². The van der Waals surface area contributed by atoms with Crippen LogP contribution in [-0.4, -0.2) is 19.0 Å². The Labute approximate surface area is 127 Å². The van der Waals surface area contributed by atoms with Crippen molar-refractivity contribution in [1.82, 2.24) is 4.98 Å². The SMILES string of the molecule is CC(=O)O[C@H](c1ccncc1)c1ccc([Si](C)(C)C)cc1. The van der Waals surface area contributed by atoms with Gasteiger partial charge in [0.2, 0.25) is 0 Å². The molecule has 0 aliphatic rings. The van der Waals surface area contributed by atoms with Gasteiger partial charge in [-0.2, -0.15) is 0 Å². The van der Waals surface area contributed by atoms with Gasteiger partial charge in [-0.25, -0.2) is 0 Å². The first-order valence-electron chi connectivity index (χ1n) is 7.05. The number of pyridine rings is 1. The topological polar surface area (TPSA) is 39.2 Å². The van der Waals surface area contributed by atoms with Crippen molar-refractivity contribution in [2.75, 3.05) is 0 Å². The molecule has 0 saturated heterocycles. The molecule has 3 nitrogen and oxygen atoms in total. The van der Waals surface area contributed by atoms with E-state index >= 15 is 0 Å². The highest BCUT2D eigenvalue weighted by Crippen LogP contribution is 2.25. The number of hydrogen-bond acceptors (Lipinski definition) is 3. The Morgan fingerprint density at radius 3 is 2.00 bits per heavy atom. The molecule has 2 aromatic rings. The number of ether oxygens (including phenoxy) is 1. The molecule has 0 fully saturated rings. The molecule has 0 aliphatic carbocycles. The number of aromatic nitrogens is 1. The summed E-state index contributed by atoms with van der Waals surface area (Å²) in [7, 11) is -1.32. The van der Waals surface area contributed by atoms with Gasteiger partial charge in [-0.15, -0.1) is 0 Å². The summed E-state index contributed by atoms with van der Waals surface area (Å²) < 4.78 is 5.49. The highest BCUT2D eigenvalue weighted by atomic mass is 28.3. The minimum Gasteiger partial charge on any atom is -0.453 e. The summed E-state index contributed by atoms with van der Waals surface area (Å²) in [6.07, 6.45) is 3.05. The van der Waals surface area contributed by atoms with Gasteiger partial charge >= 0.3 is 5.97 Å². The summed E-state index contributed by atoms with van der Waals surface area (Å²) in [6, 6.07) is 12.2. The van der Waals surface area contributed by atoms with Crippen molar-refractivity contribution in [3.05, 3.63) is 59.9 Å². The van der Waals surface area contributed by atoms with Crippen LogP contribution < -0.4 is 5.19 Å². The van der Waals surface area contributed by atoms with Crippen LogP contribution in [-0.2, 0) is 9.53 Å². The average Bonchev–Trinajstić information content (AvgIpc) is 2.45. The predicted octanol–water partition coefficient (Wildman–Crippen LogP) is 3.28. The summed E-state index contributed by atoms with van der Waals surface area (Å²) in [5, 5.41) is 1.39. The first kappa shape index (κ1) is 15.4. The van der Waals surface area contributed by atoms with Crippen LogP contribution in [0, 0.1) is 0 Å². The third kappa shape index (κ3) is 4.01. The van der Waals surface area contributed by atoms with E-state index in [2.05, 4.69) is 48.9 Å².